The van der Waals surface area contributed by atoms with Crippen molar-refractivity contribution >= 4 is 11.7 Å². The molecule has 0 radical (unpaired) electrons. The van der Waals surface area contributed by atoms with Gasteiger partial charge in [0.1, 0.15) is 6.54 Å². The lowest BCUT2D eigenvalue weighted by atomic mass is 10.3. The van der Waals surface area contributed by atoms with Gasteiger partial charge in [-0.3, -0.25) is 0 Å². The SMILES string of the molecule is CCc1noc(CN(C)C(=O)Nc2cccc(-n3cccn3)c2)n1. The van der Waals surface area contributed by atoms with Crippen LogP contribution in [0.4, 0.5) is 10.5 Å². The van der Waals surface area contributed by atoms with Crippen molar-refractivity contribution in [2.24, 2.45) is 0 Å². The van der Waals surface area contributed by atoms with Gasteiger partial charge in [0.05, 0.1) is 5.69 Å². The molecule has 3 rings (SSSR count). The van der Waals surface area contributed by atoms with Gasteiger partial charge in [-0.1, -0.05) is 18.1 Å². The molecular formula is C16H18N6O2. The topological polar surface area (TPSA) is 89.1 Å². The summed E-state index contributed by atoms with van der Waals surface area (Å²) < 4.78 is 6.83. The van der Waals surface area contributed by atoms with E-state index in [0.717, 1.165) is 5.69 Å². The molecule has 2 aromatic heterocycles. The van der Waals surface area contributed by atoms with Gasteiger partial charge in [0.25, 0.3) is 0 Å². The minimum absolute atomic E-state index is 0.248. The number of urea groups is 1. The van der Waals surface area contributed by atoms with Crippen LogP contribution >= 0.6 is 0 Å². The maximum absolute atomic E-state index is 12.3. The smallest absolute Gasteiger partial charge is 0.322 e. The number of carbonyl (C=O) groups excluding carboxylic acids is 1. The fourth-order valence-electron chi connectivity index (χ4n) is 2.14. The molecule has 124 valence electrons. The predicted octanol–water partition coefficient (Wildman–Crippen LogP) is 2.48. The number of nitrogens with zero attached hydrogens (tertiary/aromatic N) is 5. The van der Waals surface area contributed by atoms with E-state index in [0.29, 0.717) is 23.8 Å². The number of rotatable bonds is 5. The van der Waals surface area contributed by atoms with E-state index in [1.54, 1.807) is 17.9 Å². The van der Waals surface area contributed by atoms with Gasteiger partial charge < -0.3 is 14.7 Å². The lowest BCUT2D eigenvalue weighted by Gasteiger charge is -2.16. The molecule has 0 bridgehead atoms. The van der Waals surface area contributed by atoms with E-state index in [1.165, 1.54) is 4.90 Å². The second-order valence-electron chi connectivity index (χ2n) is 5.25. The normalized spacial score (nSPS) is 10.6. The summed E-state index contributed by atoms with van der Waals surface area (Å²) in [5, 5.41) is 10.8. The highest BCUT2D eigenvalue weighted by molar-refractivity contribution is 5.89. The Kier molecular flexibility index (Phi) is 4.55. The van der Waals surface area contributed by atoms with Crippen LogP contribution in [-0.2, 0) is 13.0 Å². The van der Waals surface area contributed by atoms with Crippen LogP contribution in [0.1, 0.15) is 18.6 Å². The summed E-state index contributed by atoms with van der Waals surface area (Å²) in [5.74, 6) is 1.04. The number of carbonyl (C=O) groups is 1. The van der Waals surface area contributed by atoms with Gasteiger partial charge >= 0.3 is 6.03 Å². The highest BCUT2D eigenvalue weighted by atomic mass is 16.5. The number of hydrogen-bond acceptors (Lipinski definition) is 5. The summed E-state index contributed by atoms with van der Waals surface area (Å²) in [6, 6.07) is 9.02. The summed E-state index contributed by atoms with van der Waals surface area (Å²) in [7, 11) is 1.67. The third-order valence-electron chi connectivity index (χ3n) is 3.41. The summed E-state index contributed by atoms with van der Waals surface area (Å²) >= 11 is 0. The summed E-state index contributed by atoms with van der Waals surface area (Å²) in [6.07, 6.45) is 4.24. The first-order chi connectivity index (χ1) is 11.7. The lowest BCUT2D eigenvalue weighted by molar-refractivity contribution is 0.213. The average molecular weight is 326 g/mol. The molecule has 2 amide bonds. The Morgan fingerprint density at radius 2 is 2.25 bits per heavy atom. The number of benzene rings is 1. The molecule has 8 heteroatoms. The quantitative estimate of drug-likeness (QED) is 0.778. The molecule has 0 unspecified atom stereocenters. The van der Waals surface area contributed by atoms with Gasteiger partial charge in [-0.05, 0) is 24.3 Å². The largest absolute Gasteiger partial charge is 0.337 e. The molecule has 1 N–H and O–H groups in total. The van der Waals surface area contributed by atoms with E-state index in [9.17, 15) is 4.79 Å². The monoisotopic (exact) mass is 326 g/mol. The molecular weight excluding hydrogens is 308 g/mol. The molecule has 0 aliphatic heterocycles. The molecule has 8 nitrogen and oxygen atoms in total. The molecule has 0 spiro atoms. The first-order valence-electron chi connectivity index (χ1n) is 7.59. The van der Waals surface area contributed by atoms with Gasteiger partial charge in [-0.25, -0.2) is 9.48 Å². The third-order valence-corrected chi connectivity index (χ3v) is 3.41. The predicted molar refractivity (Wildman–Crippen MR) is 87.7 cm³/mol. The van der Waals surface area contributed by atoms with E-state index >= 15 is 0 Å². The first-order valence-corrected chi connectivity index (χ1v) is 7.59. The molecule has 3 aromatic rings. The van der Waals surface area contributed by atoms with Crippen molar-refractivity contribution in [1.82, 2.24) is 24.8 Å². The zero-order chi connectivity index (χ0) is 16.9. The highest BCUT2D eigenvalue weighted by Crippen LogP contribution is 2.14. The number of anilines is 1. The Morgan fingerprint density at radius 1 is 1.38 bits per heavy atom. The maximum Gasteiger partial charge on any atom is 0.322 e. The zero-order valence-corrected chi connectivity index (χ0v) is 13.5. The van der Waals surface area contributed by atoms with Crippen LogP contribution in [0.15, 0.2) is 47.2 Å². The van der Waals surface area contributed by atoms with Crippen LogP contribution < -0.4 is 5.32 Å². The molecule has 0 atom stereocenters. The van der Waals surface area contributed by atoms with Crippen molar-refractivity contribution in [2.75, 3.05) is 12.4 Å². The van der Waals surface area contributed by atoms with Gasteiger partial charge in [-0.2, -0.15) is 10.1 Å². The summed E-state index contributed by atoms with van der Waals surface area (Å²) in [4.78, 5) is 18.0. The van der Waals surface area contributed by atoms with Crippen molar-refractivity contribution in [3.63, 3.8) is 0 Å². The van der Waals surface area contributed by atoms with E-state index in [1.807, 2.05) is 43.5 Å². The number of aromatic nitrogens is 4. The summed E-state index contributed by atoms with van der Waals surface area (Å²) in [6.45, 7) is 2.19. The van der Waals surface area contributed by atoms with Crippen LogP contribution in [0.2, 0.25) is 0 Å². The van der Waals surface area contributed by atoms with Gasteiger partial charge in [0.2, 0.25) is 5.89 Å². The minimum atomic E-state index is -0.260. The van der Waals surface area contributed by atoms with Crippen molar-refractivity contribution < 1.29 is 9.32 Å². The fourth-order valence-corrected chi connectivity index (χ4v) is 2.14. The molecule has 0 fully saturated rings. The molecule has 0 saturated heterocycles. The van der Waals surface area contributed by atoms with Crippen LogP contribution in [0.25, 0.3) is 5.69 Å². The van der Waals surface area contributed by atoms with Gasteiger partial charge in [0.15, 0.2) is 5.82 Å². The second-order valence-corrected chi connectivity index (χ2v) is 5.25. The Morgan fingerprint density at radius 3 is 2.96 bits per heavy atom. The van der Waals surface area contributed by atoms with E-state index in [2.05, 4.69) is 20.6 Å². The zero-order valence-electron chi connectivity index (χ0n) is 13.5. The van der Waals surface area contributed by atoms with E-state index < -0.39 is 0 Å². The molecule has 0 aliphatic rings. The van der Waals surface area contributed by atoms with Gasteiger partial charge in [-0.15, -0.1) is 0 Å². The third kappa shape index (κ3) is 3.60. The number of amides is 2. The molecule has 24 heavy (non-hydrogen) atoms. The van der Waals surface area contributed by atoms with E-state index in [4.69, 9.17) is 4.52 Å². The van der Waals surface area contributed by atoms with Crippen molar-refractivity contribution in [3.8, 4) is 5.69 Å². The van der Waals surface area contributed by atoms with Crippen LogP contribution in [0, 0.1) is 0 Å². The number of nitrogens with one attached hydrogen (secondary N) is 1. The Labute approximate surface area is 139 Å². The lowest BCUT2D eigenvalue weighted by Crippen LogP contribution is -2.31. The highest BCUT2D eigenvalue weighted by Gasteiger charge is 2.14. The average Bonchev–Trinajstić information content (AvgIpc) is 3.26. The fraction of sp³-hybridized carbons (Fsp3) is 0.250. The summed E-state index contributed by atoms with van der Waals surface area (Å²) in [5.41, 5.74) is 1.55. The maximum atomic E-state index is 12.3. The minimum Gasteiger partial charge on any atom is -0.337 e. The molecule has 0 saturated carbocycles. The van der Waals surface area contributed by atoms with Gasteiger partial charge in [0, 0.05) is 31.5 Å². The Hall–Kier alpha value is -3.16. The van der Waals surface area contributed by atoms with Crippen molar-refractivity contribution in [3.05, 3.63) is 54.4 Å². The van der Waals surface area contributed by atoms with Crippen LogP contribution in [0.5, 0.6) is 0 Å². The molecule has 0 aliphatic carbocycles. The van der Waals surface area contributed by atoms with Crippen LogP contribution in [0.3, 0.4) is 0 Å². The first kappa shape index (κ1) is 15.7. The van der Waals surface area contributed by atoms with Crippen molar-refractivity contribution in [1.29, 1.82) is 0 Å². The standard InChI is InChI=1S/C16H18N6O2/c1-3-14-19-15(24-20-14)11-21(2)16(23)18-12-6-4-7-13(10-12)22-9-5-8-17-22/h4-10H,3,11H2,1-2H3,(H,18,23). The molecule has 2 heterocycles. The second kappa shape index (κ2) is 6.95. The Bertz CT molecular complexity index is 812. The number of aryl methyl sites for hydroxylation is 1. The number of hydrogen-bond donors (Lipinski definition) is 1. The van der Waals surface area contributed by atoms with Crippen molar-refractivity contribution in [2.45, 2.75) is 19.9 Å². The van der Waals surface area contributed by atoms with E-state index in [-0.39, 0.29) is 12.6 Å². The molecule has 1 aromatic carbocycles. The Balaban J connectivity index is 1.64. The van der Waals surface area contributed by atoms with Crippen LogP contribution in [-0.4, -0.2) is 37.9 Å².